The van der Waals surface area contributed by atoms with Crippen molar-refractivity contribution in [2.45, 2.75) is 32.7 Å². The second kappa shape index (κ2) is 12.3. The van der Waals surface area contributed by atoms with Gasteiger partial charge in [0.05, 0.1) is 13.2 Å². The summed E-state index contributed by atoms with van der Waals surface area (Å²) in [6.07, 6.45) is 2.62. The minimum atomic E-state index is 0. The quantitative estimate of drug-likeness (QED) is 0.345. The summed E-state index contributed by atoms with van der Waals surface area (Å²) in [4.78, 5) is 9.41. The minimum Gasteiger partial charge on any atom is -0.379 e. The number of hydrogen-bond donors (Lipinski definition) is 2. The number of nitrogens with one attached hydrogen (secondary N) is 2. The molecule has 2 unspecified atom stereocenters. The number of ether oxygens (including phenoxy) is 1. The van der Waals surface area contributed by atoms with Crippen LogP contribution in [-0.2, 0) is 4.74 Å². The Morgan fingerprint density at radius 3 is 2.67 bits per heavy atom. The Bertz CT molecular complexity index is 363. The number of hydrogen-bond acceptors (Lipinski definition) is 4. The van der Waals surface area contributed by atoms with Crippen LogP contribution in [0.15, 0.2) is 4.99 Å². The van der Waals surface area contributed by atoms with Crippen LogP contribution in [0.1, 0.15) is 26.7 Å². The Balaban J connectivity index is 0.00000288. The first-order chi connectivity index (χ1) is 11.2. The molecule has 2 N–H and O–H groups in total. The van der Waals surface area contributed by atoms with Crippen LogP contribution in [0.3, 0.4) is 0 Å². The smallest absolute Gasteiger partial charge is 0.191 e. The van der Waals surface area contributed by atoms with Gasteiger partial charge in [0.1, 0.15) is 0 Å². The van der Waals surface area contributed by atoms with Crippen LogP contribution in [0.5, 0.6) is 0 Å². The number of nitrogens with zero attached hydrogens (tertiary/aromatic N) is 3. The summed E-state index contributed by atoms with van der Waals surface area (Å²) >= 11 is 0. The highest BCUT2D eigenvalue weighted by atomic mass is 127. The fourth-order valence-corrected chi connectivity index (χ4v) is 3.54. The third-order valence-electron chi connectivity index (χ3n) is 4.93. The molecule has 0 aromatic carbocycles. The van der Waals surface area contributed by atoms with Gasteiger partial charge < -0.3 is 15.4 Å². The number of guanidine groups is 1. The third kappa shape index (κ3) is 7.41. The van der Waals surface area contributed by atoms with E-state index < -0.39 is 0 Å². The van der Waals surface area contributed by atoms with Gasteiger partial charge in [0.2, 0.25) is 0 Å². The van der Waals surface area contributed by atoms with Crippen molar-refractivity contribution in [2.75, 3.05) is 66.1 Å². The topological polar surface area (TPSA) is 52.1 Å². The maximum absolute atomic E-state index is 5.41. The molecule has 7 heteroatoms. The Kier molecular flexibility index (Phi) is 11.2. The van der Waals surface area contributed by atoms with Gasteiger partial charge in [-0.25, -0.2) is 0 Å². The van der Waals surface area contributed by atoms with Crippen LogP contribution in [-0.4, -0.2) is 87.9 Å². The molecule has 142 valence electrons. The number of likely N-dealkylation sites (N-methyl/N-ethyl adjacent to an activating group) is 1. The lowest BCUT2D eigenvalue weighted by atomic mass is 10.1. The summed E-state index contributed by atoms with van der Waals surface area (Å²) in [5.41, 5.74) is 0. The molecule has 2 saturated heterocycles. The molecule has 2 rings (SSSR count). The van der Waals surface area contributed by atoms with Gasteiger partial charge in [-0.1, -0.05) is 13.8 Å². The predicted molar refractivity (Wildman–Crippen MR) is 111 cm³/mol. The summed E-state index contributed by atoms with van der Waals surface area (Å²) < 4.78 is 5.41. The molecule has 0 aromatic heterocycles. The highest BCUT2D eigenvalue weighted by Gasteiger charge is 2.22. The molecule has 0 radical (unpaired) electrons. The maximum Gasteiger partial charge on any atom is 0.191 e. The van der Waals surface area contributed by atoms with Crippen molar-refractivity contribution in [2.24, 2.45) is 10.9 Å². The minimum absolute atomic E-state index is 0. The zero-order valence-electron chi connectivity index (χ0n) is 15.6. The molecule has 0 saturated carbocycles. The van der Waals surface area contributed by atoms with E-state index in [0.717, 1.165) is 58.4 Å². The summed E-state index contributed by atoms with van der Waals surface area (Å²) in [6.45, 7) is 13.9. The Labute approximate surface area is 164 Å². The Hall–Kier alpha value is -0.120. The summed E-state index contributed by atoms with van der Waals surface area (Å²) in [5.74, 6) is 1.53. The van der Waals surface area contributed by atoms with Crippen molar-refractivity contribution in [3.63, 3.8) is 0 Å². The second-order valence-electron chi connectivity index (χ2n) is 6.78. The standard InChI is InChI=1S/C17H35N5O.HI/c1-4-22-7-5-6-16(22)13-20-17(18-3)19-12-15(2)14-21-8-10-23-11-9-21;/h15-16H,4-14H2,1-3H3,(H2,18,19,20);1H. The molecule has 0 amide bonds. The van der Waals surface area contributed by atoms with Crippen LogP contribution in [0, 0.1) is 5.92 Å². The molecule has 2 aliphatic rings. The van der Waals surface area contributed by atoms with Gasteiger partial charge in [-0.15, -0.1) is 24.0 Å². The molecule has 0 bridgehead atoms. The fraction of sp³-hybridized carbons (Fsp3) is 0.941. The van der Waals surface area contributed by atoms with E-state index in [0.29, 0.717) is 12.0 Å². The van der Waals surface area contributed by atoms with E-state index in [4.69, 9.17) is 4.74 Å². The van der Waals surface area contributed by atoms with Crippen LogP contribution >= 0.6 is 24.0 Å². The molecular formula is C17H36IN5O. The van der Waals surface area contributed by atoms with E-state index in [1.54, 1.807) is 0 Å². The number of halogens is 1. The van der Waals surface area contributed by atoms with Crippen LogP contribution in [0.4, 0.5) is 0 Å². The predicted octanol–water partition coefficient (Wildman–Crippen LogP) is 1.22. The highest BCUT2D eigenvalue weighted by molar-refractivity contribution is 14.0. The number of morpholine rings is 1. The van der Waals surface area contributed by atoms with E-state index in [9.17, 15) is 0 Å². The van der Waals surface area contributed by atoms with Gasteiger partial charge in [0.25, 0.3) is 0 Å². The zero-order chi connectivity index (χ0) is 16.5. The first-order valence-corrected chi connectivity index (χ1v) is 9.21. The van der Waals surface area contributed by atoms with Crippen LogP contribution in [0.2, 0.25) is 0 Å². The molecule has 0 aliphatic carbocycles. The number of rotatable bonds is 7. The van der Waals surface area contributed by atoms with E-state index in [-0.39, 0.29) is 24.0 Å². The molecule has 0 aromatic rings. The first-order valence-electron chi connectivity index (χ1n) is 9.21. The lowest BCUT2D eigenvalue weighted by Crippen LogP contribution is -2.47. The number of likely N-dealkylation sites (tertiary alicyclic amines) is 1. The maximum atomic E-state index is 5.41. The van der Waals surface area contributed by atoms with Crippen molar-refractivity contribution in [1.82, 2.24) is 20.4 Å². The van der Waals surface area contributed by atoms with Gasteiger partial charge in [-0.05, 0) is 31.8 Å². The molecule has 0 spiro atoms. The van der Waals surface area contributed by atoms with Gasteiger partial charge in [0, 0.05) is 45.8 Å². The fourth-order valence-electron chi connectivity index (χ4n) is 3.54. The zero-order valence-corrected chi connectivity index (χ0v) is 17.9. The van der Waals surface area contributed by atoms with Crippen molar-refractivity contribution in [3.8, 4) is 0 Å². The highest BCUT2D eigenvalue weighted by Crippen LogP contribution is 2.15. The van der Waals surface area contributed by atoms with E-state index in [1.165, 1.54) is 19.4 Å². The molecule has 2 fully saturated rings. The van der Waals surface area contributed by atoms with Crippen LogP contribution in [0.25, 0.3) is 0 Å². The summed E-state index contributed by atoms with van der Waals surface area (Å²) in [6, 6.07) is 0.657. The van der Waals surface area contributed by atoms with E-state index >= 15 is 0 Å². The van der Waals surface area contributed by atoms with Crippen molar-refractivity contribution in [1.29, 1.82) is 0 Å². The van der Waals surface area contributed by atoms with Crippen molar-refractivity contribution < 1.29 is 4.74 Å². The summed E-state index contributed by atoms with van der Waals surface area (Å²) in [7, 11) is 1.86. The second-order valence-corrected chi connectivity index (χ2v) is 6.78. The first kappa shape index (κ1) is 21.9. The lowest BCUT2D eigenvalue weighted by Gasteiger charge is -2.29. The Morgan fingerprint density at radius 1 is 1.25 bits per heavy atom. The van der Waals surface area contributed by atoms with Crippen molar-refractivity contribution in [3.05, 3.63) is 0 Å². The van der Waals surface area contributed by atoms with Gasteiger partial charge in [-0.3, -0.25) is 14.8 Å². The molecule has 2 heterocycles. The van der Waals surface area contributed by atoms with Crippen molar-refractivity contribution >= 4 is 29.9 Å². The SMILES string of the molecule is CCN1CCCC1CNC(=NC)NCC(C)CN1CCOCC1.I. The molecular weight excluding hydrogens is 417 g/mol. The monoisotopic (exact) mass is 453 g/mol. The molecule has 2 atom stereocenters. The summed E-state index contributed by atoms with van der Waals surface area (Å²) in [5, 5.41) is 6.98. The molecule has 6 nitrogen and oxygen atoms in total. The molecule has 2 aliphatic heterocycles. The lowest BCUT2D eigenvalue weighted by molar-refractivity contribution is 0.0320. The average Bonchev–Trinajstić information content (AvgIpc) is 3.03. The van der Waals surface area contributed by atoms with E-state index in [1.807, 2.05) is 7.05 Å². The normalized spacial score (nSPS) is 24.5. The van der Waals surface area contributed by atoms with E-state index in [2.05, 4.69) is 39.3 Å². The van der Waals surface area contributed by atoms with Gasteiger partial charge >= 0.3 is 0 Å². The molecule has 24 heavy (non-hydrogen) atoms. The Morgan fingerprint density at radius 2 is 2.00 bits per heavy atom. The third-order valence-corrected chi connectivity index (χ3v) is 4.93. The average molecular weight is 453 g/mol. The van der Waals surface area contributed by atoms with Gasteiger partial charge in [0.15, 0.2) is 5.96 Å². The van der Waals surface area contributed by atoms with Gasteiger partial charge in [-0.2, -0.15) is 0 Å². The number of aliphatic imine (C=N–C) groups is 1. The van der Waals surface area contributed by atoms with Crippen LogP contribution < -0.4 is 10.6 Å². The largest absolute Gasteiger partial charge is 0.379 e.